The molecule has 3 heteroatoms. The van der Waals surface area contributed by atoms with E-state index >= 15 is 0 Å². The van der Waals surface area contributed by atoms with Gasteiger partial charge in [-0.1, -0.05) is 18.2 Å². The zero-order valence-electron chi connectivity index (χ0n) is 12.3. The third kappa shape index (κ3) is 2.95. The number of halogens is 2. The van der Waals surface area contributed by atoms with E-state index in [2.05, 4.69) is 6.58 Å². The number of benzene rings is 2. The molecule has 0 N–H and O–H groups in total. The van der Waals surface area contributed by atoms with Crippen molar-refractivity contribution in [1.82, 2.24) is 0 Å². The number of rotatable bonds is 4. The lowest BCUT2D eigenvalue weighted by Crippen LogP contribution is -1.92. The number of thiophene rings is 1. The molecular weight excluding hydrogens is 298 g/mol. The Bertz CT molecular complexity index is 807. The van der Waals surface area contributed by atoms with Gasteiger partial charge in [0.15, 0.2) is 0 Å². The van der Waals surface area contributed by atoms with Gasteiger partial charge >= 0.3 is 0 Å². The standard InChI is InChI=1S/C19H16F2S/c1-3-4-14-6-5-13(9-18(14)21)8-16-10-15-11-17(20)12(2)7-19(15)22-16/h3,5-7,9-11H,1,4,8H2,2H3. The molecule has 0 spiro atoms. The Kier molecular flexibility index (Phi) is 4.08. The molecule has 2 aromatic carbocycles. The van der Waals surface area contributed by atoms with Crippen molar-refractivity contribution in [1.29, 1.82) is 0 Å². The van der Waals surface area contributed by atoms with Crippen LogP contribution >= 0.6 is 11.3 Å². The van der Waals surface area contributed by atoms with Gasteiger partial charge in [-0.25, -0.2) is 8.78 Å². The van der Waals surface area contributed by atoms with Crippen molar-refractivity contribution in [2.24, 2.45) is 0 Å². The van der Waals surface area contributed by atoms with Crippen molar-refractivity contribution < 1.29 is 8.78 Å². The van der Waals surface area contributed by atoms with Crippen LogP contribution in [0.2, 0.25) is 0 Å². The Hall–Kier alpha value is -2.00. The van der Waals surface area contributed by atoms with Crippen molar-refractivity contribution in [2.75, 3.05) is 0 Å². The van der Waals surface area contributed by atoms with E-state index in [4.69, 9.17) is 0 Å². The summed E-state index contributed by atoms with van der Waals surface area (Å²) in [5.74, 6) is -0.378. The molecule has 0 saturated carbocycles. The minimum absolute atomic E-state index is 0.184. The second kappa shape index (κ2) is 6.01. The fourth-order valence-corrected chi connectivity index (χ4v) is 3.70. The molecule has 0 fully saturated rings. The summed E-state index contributed by atoms with van der Waals surface area (Å²) in [5, 5.41) is 0.909. The Morgan fingerprint density at radius 2 is 1.91 bits per heavy atom. The van der Waals surface area contributed by atoms with Crippen LogP contribution in [0.15, 0.2) is 49.1 Å². The zero-order valence-corrected chi connectivity index (χ0v) is 13.1. The minimum Gasteiger partial charge on any atom is -0.207 e. The van der Waals surface area contributed by atoms with Crippen LogP contribution in [0.4, 0.5) is 8.78 Å². The smallest absolute Gasteiger partial charge is 0.126 e. The van der Waals surface area contributed by atoms with Crippen LogP contribution in [0.1, 0.15) is 21.6 Å². The average molecular weight is 314 g/mol. The van der Waals surface area contributed by atoms with E-state index in [0.29, 0.717) is 24.0 Å². The molecule has 0 atom stereocenters. The van der Waals surface area contributed by atoms with Crippen LogP contribution in [0.3, 0.4) is 0 Å². The summed E-state index contributed by atoms with van der Waals surface area (Å²) in [7, 11) is 0. The summed E-state index contributed by atoms with van der Waals surface area (Å²) in [6, 6.07) is 10.7. The van der Waals surface area contributed by atoms with Gasteiger partial charge in [0.1, 0.15) is 11.6 Å². The van der Waals surface area contributed by atoms with Gasteiger partial charge in [-0.2, -0.15) is 0 Å². The fraction of sp³-hybridized carbons (Fsp3) is 0.158. The monoisotopic (exact) mass is 314 g/mol. The quantitative estimate of drug-likeness (QED) is 0.533. The van der Waals surface area contributed by atoms with E-state index in [1.165, 1.54) is 0 Å². The molecular formula is C19H16F2S. The Morgan fingerprint density at radius 3 is 2.64 bits per heavy atom. The highest BCUT2D eigenvalue weighted by Crippen LogP contribution is 2.29. The second-order valence-electron chi connectivity index (χ2n) is 5.45. The van der Waals surface area contributed by atoms with Gasteiger partial charge in [0.2, 0.25) is 0 Å². The highest BCUT2D eigenvalue weighted by Gasteiger charge is 2.08. The summed E-state index contributed by atoms with van der Waals surface area (Å²) in [6.45, 7) is 5.40. The predicted molar refractivity (Wildman–Crippen MR) is 89.6 cm³/mol. The van der Waals surface area contributed by atoms with Crippen molar-refractivity contribution in [3.8, 4) is 0 Å². The van der Waals surface area contributed by atoms with Crippen LogP contribution in [-0.2, 0) is 12.8 Å². The van der Waals surface area contributed by atoms with Crippen molar-refractivity contribution >= 4 is 21.4 Å². The van der Waals surface area contributed by atoms with Crippen LogP contribution < -0.4 is 0 Å². The Balaban J connectivity index is 1.89. The molecule has 0 bridgehead atoms. The van der Waals surface area contributed by atoms with Gasteiger partial charge in [-0.05, 0) is 59.7 Å². The molecule has 0 radical (unpaired) electrons. The molecule has 1 heterocycles. The topological polar surface area (TPSA) is 0 Å². The summed E-state index contributed by atoms with van der Waals surface area (Å²) in [6.07, 6.45) is 2.89. The Morgan fingerprint density at radius 1 is 1.09 bits per heavy atom. The highest BCUT2D eigenvalue weighted by atomic mass is 32.1. The van der Waals surface area contributed by atoms with Crippen molar-refractivity contribution in [3.63, 3.8) is 0 Å². The van der Waals surface area contributed by atoms with E-state index in [0.717, 1.165) is 20.5 Å². The minimum atomic E-state index is -0.194. The fourth-order valence-electron chi connectivity index (χ4n) is 2.53. The van der Waals surface area contributed by atoms with Gasteiger partial charge in [-0.15, -0.1) is 17.9 Å². The van der Waals surface area contributed by atoms with Gasteiger partial charge in [-0.3, -0.25) is 0 Å². The first-order chi connectivity index (χ1) is 10.6. The van der Waals surface area contributed by atoms with Crippen LogP contribution in [0.25, 0.3) is 10.1 Å². The van der Waals surface area contributed by atoms with E-state index in [-0.39, 0.29) is 11.6 Å². The molecule has 0 aliphatic carbocycles. The van der Waals surface area contributed by atoms with E-state index in [1.807, 2.05) is 24.3 Å². The molecule has 3 aromatic rings. The molecule has 0 unspecified atom stereocenters. The van der Waals surface area contributed by atoms with Crippen LogP contribution in [0, 0.1) is 18.6 Å². The maximum absolute atomic E-state index is 14.0. The van der Waals surface area contributed by atoms with Gasteiger partial charge < -0.3 is 0 Å². The summed E-state index contributed by atoms with van der Waals surface area (Å²) < 4.78 is 28.6. The number of allylic oxidation sites excluding steroid dienone is 1. The molecule has 0 aliphatic rings. The predicted octanol–water partition coefficient (Wildman–Crippen LogP) is 5.81. The second-order valence-corrected chi connectivity index (χ2v) is 6.62. The molecule has 3 rings (SSSR count). The van der Waals surface area contributed by atoms with Crippen LogP contribution in [-0.4, -0.2) is 0 Å². The maximum Gasteiger partial charge on any atom is 0.126 e. The number of hydrogen-bond acceptors (Lipinski definition) is 1. The summed E-state index contributed by atoms with van der Waals surface area (Å²) in [5.41, 5.74) is 2.24. The molecule has 0 aliphatic heterocycles. The van der Waals surface area contributed by atoms with E-state index < -0.39 is 0 Å². The largest absolute Gasteiger partial charge is 0.207 e. The van der Waals surface area contributed by atoms with E-state index in [9.17, 15) is 8.78 Å². The van der Waals surface area contributed by atoms with Gasteiger partial charge in [0.05, 0.1) is 0 Å². The van der Waals surface area contributed by atoms with Gasteiger partial charge in [0, 0.05) is 16.0 Å². The first-order valence-corrected chi connectivity index (χ1v) is 7.95. The third-order valence-electron chi connectivity index (χ3n) is 3.71. The normalized spacial score (nSPS) is 11.0. The highest BCUT2D eigenvalue weighted by molar-refractivity contribution is 7.19. The lowest BCUT2D eigenvalue weighted by atomic mass is 10.1. The number of hydrogen-bond donors (Lipinski definition) is 0. The van der Waals surface area contributed by atoms with E-state index in [1.54, 1.807) is 36.5 Å². The van der Waals surface area contributed by atoms with Crippen molar-refractivity contribution in [3.05, 3.63) is 82.3 Å². The third-order valence-corrected chi connectivity index (χ3v) is 4.81. The lowest BCUT2D eigenvalue weighted by molar-refractivity contribution is 0.613. The molecule has 0 saturated heterocycles. The zero-order chi connectivity index (χ0) is 15.7. The lowest BCUT2D eigenvalue weighted by Gasteiger charge is -2.03. The SMILES string of the molecule is C=CCc1ccc(Cc2cc3cc(F)c(C)cc3s2)cc1F. The molecule has 1 aromatic heterocycles. The number of fused-ring (bicyclic) bond motifs is 1. The summed E-state index contributed by atoms with van der Waals surface area (Å²) in [4.78, 5) is 1.11. The van der Waals surface area contributed by atoms with Crippen molar-refractivity contribution in [2.45, 2.75) is 19.8 Å². The first-order valence-electron chi connectivity index (χ1n) is 7.13. The molecule has 22 heavy (non-hydrogen) atoms. The molecule has 0 amide bonds. The maximum atomic E-state index is 14.0. The number of aryl methyl sites for hydroxylation is 1. The van der Waals surface area contributed by atoms with Crippen LogP contribution in [0.5, 0.6) is 0 Å². The van der Waals surface area contributed by atoms with Gasteiger partial charge in [0.25, 0.3) is 0 Å². The molecule has 112 valence electrons. The first kappa shape index (κ1) is 14.9. The Labute approximate surface area is 132 Å². The summed E-state index contributed by atoms with van der Waals surface area (Å²) >= 11 is 1.63. The molecule has 0 nitrogen and oxygen atoms in total. The average Bonchev–Trinajstić information content (AvgIpc) is 2.84.